The van der Waals surface area contributed by atoms with Crippen molar-refractivity contribution >= 4 is 21.8 Å². The van der Waals surface area contributed by atoms with Crippen molar-refractivity contribution in [2.24, 2.45) is 0 Å². The topological polar surface area (TPSA) is 29.1 Å². The molecule has 0 aromatic heterocycles. The quantitative estimate of drug-likeness (QED) is 0.540. The average molecular weight is 434 g/mol. The highest BCUT2D eigenvalue weighted by Gasteiger charge is 2.38. The van der Waals surface area contributed by atoms with Crippen molar-refractivity contribution in [2.75, 3.05) is 0 Å². The highest BCUT2D eigenvalue weighted by atomic mass is 79.9. The fourth-order valence-corrected chi connectivity index (χ4v) is 3.30. The summed E-state index contributed by atoms with van der Waals surface area (Å²) in [5.74, 6) is -1.96. The summed E-state index contributed by atoms with van der Waals surface area (Å²) < 4.78 is 38.7. The maximum absolute atomic E-state index is 12.6. The summed E-state index contributed by atoms with van der Waals surface area (Å²) in [6, 6.07) is 22.4. The number of rotatable bonds is 4. The Bertz CT molecular complexity index is 880. The fraction of sp³-hybridized carbons (Fsp3) is 0.0952. The van der Waals surface area contributed by atoms with Gasteiger partial charge < -0.3 is 5.32 Å². The third-order valence-electron chi connectivity index (χ3n) is 4.07. The molecule has 3 aromatic rings. The molecule has 0 heterocycles. The predicted octanol–water partition coefficient (Wildman–Crippen LogP) is 5.96. The Kier molecular flexibility index (Phi) is 5.65. The first-order valence-corrected chi connectivity index (χ1v) is 8.94. The summed E-state index contributed by atoms with van der Waals surface area (Å²) in [5.41, 5.74) is 3.84. The SMILES string of the molecule is O=C(NCc1c(-c2ccccc2)cc(Br)cc1-c1ccccc1)C(F)(F)F. The number of hydrogen-bond donors (Lipinski definition) is 1. The van der Waals surface area contributed by atoms with Gasteiger partial charge in [0.2, 0.25) is 0 Å². The van der Waals surface area contributed by atoms with Crippen LogP contribution in [-0.4, -0.2) is 12.1 Å². The fourth-order valence-electron chi connectivity index (χ4n) is 2.85. The number of amides is 1. The molecular weight excluding hydrogens is 419 g/mol. The molecule has 0 aliphatic carbocycles. The van der Waals surface area contributed by atoms with Crippen molar-refractivity contribution in [3.05, 3.63) is 82.8 Å². The molecule has 3 aromatic carbocycles. The first kappa shape index (κ1) is 19.2. The van der Waals surface area contributed by atoms with Gasteiger partial charge in [-0.25, -0.2) is 0 Å². The van der Waals surface area contributed by atoms with Crippen LogP contribution in [0.5, 0.6) is 0 Å². The van der Waals surface area contributed by atoms with Gasteiger partial charge in [0.1, 0.15) is 0 Å². The smallest absolute Gasteiger partial charge is 0.344 e. The molecule has 0 unspecified atom stereocenters. The third kappa shape index (κ3) is 4.57. The van der Waals surface area contributed by atoms with Crippen LogP contribution in [0.2, 0.25) is 0 Å². The predicted molar refractivity (Wildman–Crippen MR) is 103 cm³/mol. The maximum Gasteiger partial charge on any atom is 0.471 e. The van der Waals surface area contributed by atoms with Crippen molar-refractivity contribution in [2.45, 2.75) is 12.7 Å². The second-order valence-electron chi connectivity index (χ2n) is 5.89. The lowest BCUT2D eigenvalue weighted by Gasteiger charge is -2.18. The van der Waals surface area contributed by atoms with E-state index in [9.17, 15) is 18.0 Å². The molecule has 0 aliphatic heterocycles. The van der Waals surface area contributed by atoms with Gasteiger partial charge in [-0.1, -0.05) is 76.6 Å². The number of alkyl halides is 3. The molecule has 1 N–H and O–H groups in total. The Balaban J connectivity index is 2.13. The van der Waals surface area contributed by atoms with E-state index in [1.165, 1.54) is 0 Å². The Morgan fingerprint density at radius 3 is 1.70 bits per heavy atom. The summed E-state index contributed by atoms with van der Waals surface area (Å²) in [7, 11) is 0. The van der Waals surface area contributed by atoms with Crippen molar-refractivity contribution < 1.29 is 18.0 Å². The van der Waals surface area contributed by atoms with Crippen LogP contribution in [0.1, 0.15) is 5.56 Å². The minimum atomic E-state index is -4.92. The van der Waals surface area contributed by atoms with Gasteiger partial charge in [-0.3, -0.25) is 4.79 Å². The molecule has 2 nitrogen and oxygen atoms in total. The van der Waals surface area contributed by atoms with Crippen LogP contribution >= 0.6 is 15.9 Å². The number of hydrogen-bond acceptors (Lipinski definition) is 1. The van der Waals surface area contributed by atoms with Crippen LogP contribution < -0.4 is 5.32 Å². The summed E-state index contributed by atoms with van der Waals surface area (Å²) in [5, 5.41) is 2.00. The highest BCUT2D eigenvalue weighted by molar-refractivity contribution is 9.10. The van der Waals surface area contributed by atoms with Gasteiger partial charge in [0, 0.05) is 11.0 Å². The van der Waals surface area contributed by atoms with Crippen LogP contribution in [0.25, 0.3) is 22.3 Å². The Morgan fingerprint density at radius 1 is 0.852 bits per heavy atom. The number of carbonyl (C=O) groups is 1. The van der Waals surface area contributed by atoms with Gasteiger partial charge >= 0.3 is 12.1 Å². The Labute approximate surface area is 163 Å². The molecule has 0 radical (unpaired) electrons. The van der Waals surface area contributed by atoms with Crippen LogP contribution in [0.15, 0.2) is 77.3 Å². The van der Waals surface area contributed by atoms with E-state index < -0.39 is 12.1 Å². The zero-order chi connectivity index (χ0) is 19.4. The average Bonchev–Trinajstić information content (AvgIpc) is 2.66. The van der Waals surface area contributed by atoms with Crippen LogP contribution in [-0.2, 0) is 11.3 Å². The van der Waals surface area contributed by atoms with Gasteiger partial charge in [-0.15, -0.1) is 0 Å². The molecule has 0 saturated carbocycles. The third-order valence-corrected chi connectivity index (χ3v) is 4.53. The number of halogens is 4. The lowest BCUT2D eigenvalue weighted by molar-refractivity contribution is -0.173. The van der Waals surface area contributed by atoms with Crippen molar-refractivity contribution in [3.8, 4) is 22.3 Å². The van der Waals surface area contributed by atoms with Crippen molar-refractivity contribution in [1.82, 2.24) is 5.32 Å². The molecule has 0 saturated heterocycles. The first-order chi connectivity index (χ1) is 12.9. The maximum atomic E-state index is 12.6. The number of carbonyl (C=O) groups excluding carboxylic acids is 1. The van der Waals surface area contributed by atoms with Crippen LogP contribution in [0, 0.1) is 0 Å². The summed E-state index contributed by atoms with van der Waals surface area (Å²) in [4.78, 5) is 11.4. The lowest BCUT2D eigenvalue weighted by Crippen LogP contribution is -2.36. The van der Waals surface area contributed by atoms with E-state index in [0.29, 0.717) is 5.56 Å². The molecule has 0 spiro atoms. The number of nitrogens with one attached hydrogen (secondary N) is 1. The van der Waals surface area contributed by atoms with Gasteiger partial charge in [0.25, 0.3) is 0 Å². The normalized spacial score (nSPS) is 11.3. The van der Waals surface area contributed by atoms with E-state index in [1.807, 2.05) is 78.1 Å². The molecule has 1 amide bonds. The second-order valence-corrected chi connectivity index (χ2v) is 6.81. The van der Waals surface area contributed by atoms with Gasteiger partial charge in [0.15, 0.2) is 0 Å². The Morgan fingerprint density at radius 2 is 1.30 bits per heavy atom. The number of benzene rings is 3. The van der Waals surface area contributed by atoms with Crippen molar-refractivity contribution in [1.29, 1.82) is 0 Å². The molecule has 0 aliphatic rings. The molecule has 0 bridgehead atoms. The van der Waals surface area contributed by atoms with Gasteiger partial charge in [0.05, 0.1) is 0 Å². The van der Waals surface area contributed by atoms with E-state index in [4.69, 9.17) is 0 Å². The van der Waals surface area contributed by atoms with E-state index in [1.54, 1.807) is 0 Å². The monoisotopic (exact) mass is 433 g/mol. The molecule has 0 fully saturated rings. The van der Waals surface area contributed by atoms with Gasteiger partial charge in [-0.2, -0.15) is 13.2 Å². The zero-order valence-electron chi connectivity index (χ0n) is 14.1. The van der Waals surface area contributed by atoms with E-state index >= 15 is 0 Å². The summed E-state index contributed by atoms with van der Waals surface area (Å²) >= 11 is 3.49. The molecule has 0 atom stereocenters. The van der Waals surface area contributed by atoms with E-state index in [0.717, 1.165) is 26.7 Å². The Hall–Kier alpha value is -2.60. The lowest BCUT2D eigenvalue weighted by atomic mass is 9.91. The van der Waals surface area contributed by atoms with Crippen LogP contribution in [0.4, 0.5) is 13.2 Å². The first-order valence-electron chi connectivity index (χ1n) is 8.14. The standard InChI is InChI=1S/C21H15BrF3NO/c22-16-11-17(14-7-3-1-4-8-14)19(13-26-20(27)21(23,24)25)18(12-16)15-9-5-2-6-10-15/h1-12H,13H2,(H,26,27). The summed E-state index contributed by atoms with van der Waals surface area (Å²) in [6.07, 6.45) is -4.92. The van der Waals surface area contributed by atoms with Crippen LogP contribution in [0.3, 0.4) is 0 Å². The molecule has 138 valence electrons. The largest absolute Gasteiger partial charge is 0.471 e. The second kappa shape index (κ2) is 7.96. The minimum Gasteiger partial charge on any atom is -0.344 e. The van der Waals surface area contributed by atoms with Gasteiger partial charge in [-0.05, 0) is 39.9 Å². The molecular formula is C21H15BrF3NO. The molecule has 3 rings (SSSR count). The van der Waals surface area contributed by atoms with Crippen molar-refractivity contribution in [3.63, 3.8) is 0 Å². The molecule has 6 heteroatoms. The van der Waals surface area contributed by atoms with E-state index in [-0.39, 0.29) is 6.54 Å². The summed E-state index contributed by atoms with van der Waals surface area (Å²) in [6.45, 7) is -0.236. The van der Waals surface area contributed by atoms with E-state index in [2.05, 4.69) is 15.9 Å². The zero-order valence-corrected chi connectivity index (χ0v) is 15.6. The highest BCUT2D eigenvalue weighted by Crippen LogP contribution is 2.36. The minimum absolute atomic E-state index is 0.236. The molecule has 27 heavy (non-hydrogen) atoms.